The normalized spacial score (nSPS) is 16.4. The molecule has 1 fully saturated rings. The number of aliphatic carboxylic acids is 1. The first-order valence-corrected chi connectivity index (χ1v) is 13.6. The molecular formula is C28H35FN4O3S. The molecule has 0 radical (unpaired) electrons. The van der Waals surface area contributed by atoms with Crippen molar-refractivity contribution >= 4 is 34.3 Å². The minimum atomic E-state index is -1.32. The third-order valence-corrected chi connectivity index (χ3v) is 8.25. The molecule has 4 rings (SSSR count). The number of aromatic nitrogens is 2. The van der Waals surface area contributed by atoms with Crippen LogP contribution in [0.1, 0.15) is 37.4 Å². The first-order valence-electron chi connectivity index (χ1n) is 12.6. The number of nitrogens with zero attached hydrogens (tertiary/aromatic N) is 4. The molecule has 0 amide bonds. The van der Waals surface area contributed by atoms with Crippen LogP contribution in [0.3, 0.4) is 0 Å². The van der Waals surface area contributed by atoms with Gasteiger partial charge in [-0.1, -0.05) is 6.07 Å². The average Bonchev–Trinajstić information content (AvgIpc) is 2.91. The van der Waals surface area contributed by atoms with E-state index in [1.54, 1.807) is 31.3 Å². The number of piperidine rings is 1. The van der Waals surface area contributed by atoms with Gasteiger partial charge in [0.2, 0.25) is 0 Å². The van der Waals surface area contributed by atoms with Crippen molar-refractivity contribution in [1.82, 2.24) is 14.9 Å². The maximum absolute atomic E-state index is 16.0. The lowest BCUT2D eigenvalue weighted by Crippen LogP contribution is -2.45. The molecule has 0 aliphatic carbocycles. The number of thioether (sulfide) groups is 1. The van der Waals surface area contributed by atoms with Crippen LogP contribution in [-0.2, 0) is 4.79 Å². The molecule has 3 heterocycles. The minimum absolute atomic E-state index is 0.138. The smallest absolute Gasteiger partial charge is 0.309 e. The van der Waals surface area contributed by atoms with E-state index in [1.165, 1.54) is 0 Å². The molecule has 7 nitrogen and oxygen atoms in total. The van der Waals surface area contributed by atoms with Gasteiger partial charge < -0.3 is 19.6 Å². The summed E-state index contributed by atoms with van der Waals surface area (Å²) in [7, 11) is 5.30. The number of anilines is 1. The highest BCUT2D eigenvalue weighted by Gasteiger charge is 2.41. The number of ether oxygens (including phenoxy) is 1. The molecule has 1 atom stereocenters. The van der Waals surface area contributed by atoms with Crippen molar-refractivity contribution in [3.8, 4) is 5.75 Å². The average molecular weight is 527 g/mol. The van der Waals surface area contributed by atoms with Crippen LogP contribution in [0.15, 0.2) is 53.8 Å². The highest BCUT2D eigenvalue weighted by molar-refractivity contribution is 7.99. The van der Waals surface area contributed by atoms with E-state index in [4.69, 9.17) is 4.74 Å². The van der Waals surface area contributed by atoms with Gasteiger partial charge in [-0.2, -0.15) is 0 Å². The van der Waals surface area contributed by atoms with Gasteiger partial charge in [0.25, 0.3) is 0 Å². The number of carboxylic acid groups (broad SMARTS) is 1. The molecule has 1 aromatic carbocycles. The zero-order chi connectivity index (χ0) is 26.4. The molecule has 3 aromatic rings. The lowest BCUT2D eigenvalue weighted by atomic mass is 9.74. The quantitative estimate of drug-likeness (QED) is 0.330. The molecule has 0 spiro atoms. The number of carboxylic acids is 1. The van der Waals surface area contributed by atoms with Gasteiger partial charge in [0, 0.05) is 43.5 Å². The number of pyridine rings is 2. The molecular weight excluding hydrogens is 491 g/mol. The first-order chi connectivity index (χ1) is 17.8. The number of carbonyl (C=O) groups is 1. The van der Waals surface area contributed by atoms with E-state index in [9.17, 15) is 9.90 Å². The van der Waals surface area contributed by atoms with Gasteiger partial charge in [-0.05, 0) is 69.1 Å². The lowest BCUT2D eigenvalue weighted by molar-refractivity contribution is -0.153. The predicted molar refractivity (Wildman–Crippen MR) is 146 cm³/mol. The third kappa shape index (κ3) is 6.33. The Morgan fingerprint density at radius 1 is 1.24 bits per heavy atom. The number of fused-ring (bicyclic) bond motifs is 1. The van der Waals surface area contributed by atoms with Crippen molar-refractivity contribution in [1.29, 1.82) is 0 Å². The van der Waals surface area contributed by atoms with Crippen molar-refractivity contribution in [2.24, 2.45) is 5.41 Å². The van der Waals surface area contributed by atoms with Gasteiger partial charge in [0.15, 0.2) is 0 Å². The molecule has 0 saturated carbocycles. The van der Waals surface area contributed by atoms with Gasteiger partial charge in [0.05, 0.1) is 35.0 Å². The van der Waals surface area contributed by atoms with Crippen molar-refractivity contribution in [3.63, 3.8) is 0 Å². The van der Waals surface area contributed by atoms with E-state index in [0.29, 0.717) is 60.3 Å². The Morgan fingerprint density at radius 3 is 2.68 bits per heavy atom. The van der Waals surface area contributed by atoms with Crippen LogP contribution in [0.4, 0.5) is 10.1 Å². The van der Waals surface area contributed by atoms with Crippen LogP contribution in [0, 0.1) is 5.41 Å². The number of methoxy groups -OCH3 is 1. The molecule has 0 unspecified atom stereocenters. The maximum atomic E-state index is 16.0. The van der Waals surface area contributed by atoms with Crippen LogP contribution in [0.25, 0.3) is 10.9 Å². The molecule has 2 aromatic heterocycles. The number of likely N-dealkylation sites (tertiary alicyclic amines) is 1. The monoisotopic (exact) mass is 526 g/mol. The summed E-state index contributed by atoms with van der Waals surface area (Å²) in [4.78, 5) is 25.4. The van der Waals surface area contributed by atoms with Crippen LogP contribution < -0.4 is 9.64 Å². The zero-order valence-electron chi connectivity index (χ0n) is 21.7. The van der Waals surface area contributed by atoms with Gasteiger partial charge in [0.1, 0.15) is 11.9 Å². The van der Waals surface area contributed by atoms with E-state index in [1.807, 2.05) is 55.4 Å². The summed E-state index contributed by atoms with van der Waals surface area (Å²) in [6.45, 7) is 2.27. The van der Waals surface area contributed by atoms with Gasteiger partial charge in [-0.25, -0.2) is 9.37 Å². The van der Waals surface area contributed by atoms with Crippen molar-refractivity contribution < 1.29 is 19.0 Å². The maximum Gasteiger partial charge on any atom is 0.309 e. The Morgan fingerprint density at radius 2 is 2.03 bits per heavy atom. The molecule has 1 aliphatic rings. The summed E-state index contributed by atoms with van der Waals surface area (Å²) in [5.41, 5.74) is 1.01. The van der Waals surface area contributed by atoms with Gasteiger partial charge in [-0.15, -0.1) is 11.8 Å². The van der Waals surface area contributed by atoms with Crippen LogP contribution in [0.5, 0.6) is 5.75 Å². The number of hydrogen-bond acceptors (Lipinski definition) is 7. The third-order valence-electron chi connectivity index (χ3n) is 7.33. The van der Waals surface area contributed by atoms with E-state index in [0.717, 1.165) is 17.3 Å². The zero-order valence-corrected chi connectivity index (χ0v) is 22.5. The van der Waals surface area contributed by atoms with Gasteiger partial charge in [-0.3, -0.25) is 9.78 Å². The Bertz CT molecular complexity index is 1200. The summed E-state index contributed by atoms with van der Waals surface area (Å²) in [5.74, 6) is 0.709. The number of benzene rings is 1. The highest BCUT2D eigenvalue weighted by Crippen LogP contribution is 2.43. The summed E-state index contributed by atoms with van der Waals surface area (Å²) in [5, 5.41) is 11.9. The van der Waals surface area contributed by atoms with Crippen LogP contribution >= 0.6 is 11.8 Å². The second-order valence-electron chi connectivity index (χ2n) is 9.78. The Balaban J connectivity index is 1.43. The SMILES string of the molecule is COc1ccc2ncc(N(C)C)c([C@H](F)CCC3(C(=O)O)CCN(CCSc4ccccn4)CC3)c2c1. The highest BCUT2D eigenvalue weighted by atomic mass is 32.2. The summed E-state index contributed by atoms with van der Waals surface area (Å²) in [6.07, 6.45) is 3.63. The first kappa shape index (κ1) is 27.1. The Kier molecular flexibility index (Phi) is 8.87. The fourth-order valence-corrected chi connectivity index (χ4v) is 5.90. The van der Waals surface area contributed by atoms with E-state index < -0.39 is 17.6 Å². The lowest BCUT2D eigenvalue weighted by Gasteiger charge is -2.39. The standard InChI is InChI=1S/C28H35FN4O3S/c1-32(2)24-19-31-23-8-7-20(36-3)18-21(23)26(24)22(29)9-10-28(27(34)35)11-14-33(15-12-28)16-17-37-25-6-4-5-13-30-25/h4-8,13,18-19,22H,9-12,14-17H2,1-3H3,(H,34,35)/t22-/m1/s1. The van der Waals surface area contributed by atoms with E-state index in [2.05, 4.69) is 14.9 Å². The molecule has 37 heavy (non-hydrogen) atoms. The Hall–Kier alpha value is -2.91. The second kappa shape index (κ2) is 12.1. The second-order valence-corrected chi connectivity index (χ2v) is 10.9. The molecule has 1 N–H and O–H groups in total. The number of halogens is 1. The van der Waals surface area contributed by atoms with Crippen molar-refractivity contribution in [3.05, 3.63) is 54.4 Å². The number of hydrogen-bond donors (Lipinski definition) is 1. The van der Waals surface area contributed by atoms with E-state index >= 15 is 4.39 Å². The summed E-state index contributed by atoms with van der Waals surface area (Å²) >= 11 is 1.70. The summed E-state index contributed by atoms with van der Waals surface area (Å²) < 4.78 is 21.4. The van der Waals surface area contributed by atoms with Crippen molar-refractivity contribution in [2.75, 3.05) is 51.5 Å². The number of rotatable bonds is 11. The minimum Gasteiger partial charge on any atom is -0.497 e. The fourth-order valence-electron chi connectivity index (χ4n) is 5.03. The van der Waals surface area contributed by atoms with Crippen LogP contribution in [-0.4, -0.2) is 72.5 Å². The van der Waals surface area contributed by atoms with Crippen LogP contribution in [0.2, 0.25) is 0 Å². The van der Waals surface area contributed by atoms with E-state index in [-0.39, 0.29) is 6.42 Å². The Labute approximate surface area is 222 Å². The number of alkyl halides is 1. The molecule has 0 bridgehead atoms. The fraction of sp³-hybridized carbons (Fsp3) is 0.464. The predicted octanol–water partition coefficient (Wildman–Crippen LogP) is 5.45. The molecule has 9 heteroatoms. The summed E-state index contributed by atoms with van der Waals surface area (Å²) in [6, 6.07) is 11.3. The molecule has 198 valence electrons. The topological polar surface area (TPSA) is 78.8 Å². The molecule has 1 saturated heterocycles. The molecule has 1 aliphatic heterocycles. The van der Waals surface area contributed by atoms with Gasteiger partial charge >= 0.3 is 5.97 Å². The van der Waals surface area contributed by atoms with Crippen molar-refractivity contribution in [2.45, 2.75) is 36.9 Å². The largest absolute Gasteiger partial charge is 0.497 e.